The summed E-state index contributed by atoms with van der Waals surface area (Å²) in [5, 5.41) is 6.14. The summed E-state index contributed by atoms with van der Waals surface area (Å²) in [7, 11) is 0. The van der Waals surface area contributed by atoms with Crippen molar-refractivity contribution in [2.75, 3.05) is 13.2 Å². The summed E-state index contributed by atoms with van der Waals surface area (Å²) >= 11 is 0. The summed E-state index contributed by atoms with van der Waals surface area (Å²) in [6.07, 6.45) is 7.83. The van der Waals surface area contributed by atoms with Crippen molar-refractivity contribution >= 4 is 23.7 Å². The van der Waals surface area contributed by atoms with Crippen LogP contribution in [0.1, 0.15) is 36.8 Å². The molecule has 1 amide bonds. The van der Waals surface area contributed by atoms with Gasteiger partial charge in [-0.25, -0.2) is 9.80 Å². The highest BCUT2D eigenvalue weighted by atomic mass is 16.6. The molecule has 2 aliphatic rings. The van der Waals surface area contributed by atoms with Crippen LogP contribution in [0.3, 0.4) is 0 Å². The molecule has 2 aromatic heterocycles. The first kappa shape index (κ1) is 25.4. The van der Waals surface area contributed by atoms with Crippen LogP contribution in [0.4, 0.5) is 0 Å². The average Bonchev–Trinajstić information content (AvgIpc) is 3.77. The predicted octanol–water partition coefficient (Wildman–Crippen LogP) is 6.28. The van der Waals surface area contributed by atoms with Gasteiger partial charge in [0.05, 0.1) is 18.2 Å². The van der Waals surface area contributed by atoms with E-state index in [9.17, 15) is 9.59 Å². The van der Waals surface area contributed by atoms with Gasteiger partial charge in [0.25, 0.3) is 5.91 Å². The van der Waals surface area contributed by atoms with Gasteiger partial charge in [0.1, 0.15) is 23.3 Å². The number of allylic oxidation sites excluding steroid dienone is 1. The minimum absolute atomic E-state index is 0.0291. The minimum Gasteiger partial charge on any atom is -0.481 e. The minimum atomic E-state index is -0.645. The van der Waals surface area contributed by atoms with Crippen LogP contribution in [0.5, 0.6) is 5.75 Å². The van der Waals surface area contributed by atoms with Gasteiger partial charge in [-0.15, -0.1) is 0 Å². The highest BCUT2D eigenvalue weighted by Crippen LogP contribution is 2.44. The summed E-state index contributed by atoms with van der Waals surface area (Å²) in [5.74, 6) is 0.829. The van der Waals surface area contributed by atoms with Crippen LogP contribution in [0, 0.1) is 5.92 Å². The Morgan fingerprint density at radius 3 is 2.52 bits per heavy atom. The third kappa shape index (κ3) is 5.33. The van der Waals surface area contributed by atoms with Crippen LogP contribution in [-0.2, 0) is 14.3 Å². The van der Waals surface area contributed by atoms with Gasteiger partial charge < -0.3 is 18.3 Å². The van der Waals surface area contributed by atoms with Crippen LogP contribution in [0.15, 0.2) is 111 Å². The fraction of sp³-hybridized carbons (Fsp3) is 0.219. The SMILES string of the molecule is O=C(COc1ccccc1-c1ccccc1)OCC(=O)N1N=C2C(=Cc3ccco3)CCCC2C1c1ccco1. The van der Waals surface area contributed by atoms with Crippen molar-refractivity contribution in [1.29, 1.82) is 0 Å². The molecule has 0 saturated heterocycles. The van der Waals surface area contributed by atoms with Crippen LogP contribution in [0.25, 0.3) is 17.2 Å². The number of benzene rings is 2. The molecule has 0 radical (unpaired) electrons. The maximum Gasteiger partial charge on any atom is 0.344 e. The number of hydrazone groups is 1. The Labute approximate surface area is 231 Å². The number of ether oxygens (including phenoxy) is 2. The molecule has 4 aromatic rings. The summed E-state index contributed by atoms with van der Waals surface area (Å²) < 4.78 is 22.3. The van der Waals surface area contributed by atoms with E-state index in [1.807, 2.05) is 72.8 Å². The number of fused-ring (bicyclic) bond motifs is 1. The first-order valence-electron chi connectivity index (χ1n) is 13.3. The van der Waals surface area contributed by atoms with E-state index in [0.717, 1.165) is 47.4 Å². The Morgan fingerprint density at radius 1 is 0.925 bits per heavy atom. The fourth-order valence-electron chi connectivity index (χ4n) is 5.33. The quantitative estimate of drug-likeness (QED) is 0.246. The van der Waals surface area contributed by atoms with Gasteiger partial charge in [0.15, 0.2) is 13.2 Å². The number of hydrogen-bond acceptors (Lipinski definition) is 7. The number of nitrogens with zero attached hydrogens (tertiary/aromatic N) is 2. The van der Waals surface area contributed by atoms with Gasteiger partial charge in [-0.2, -0.15) is 5.10 Å². The topological polar surface area (TPSA) is 94.5 Å². The number of hydrogen-bond donors (Lipinski definition) is 0. The monoisotopic (exact) mass is 536 g/mol. The third-order valence-electron chi connectivity index (χ3n) is 7.13. The van der Waals surface area contributed by atoms with E-state index in [1.165, 1.54) is 5.01 Å². The molecular weight excluding hydrogens is 508 g/mol. The third-order valence-corrected chi connectivity index (χ3v) is 7.13. The van der Waals surface area contributed by atoms with E-state index < -0.39 is 24.5 Å². The summed E-state index contributed by atoms with van der Waals surface area (Å²) in [6, 6.07) is 24.2. The largest absolute Gasteiger partial charge is 0.481 e. The second kappa shape index (κ2) is 11.5. The molecule has 8 nitrogen and oxygen atoms in total. The second-order valence-corrected chi connectivity index (χ2v) is 9.68. The highest BCUT2D eigenvalue weighted by Gasteiger charge is 2.45. The first-order chi connectivity index (χ1) is 19.7. The van der Waals surface area contributed by atoms with Crippen molar-refractivity contribution in [3.05, 3.63) is 108 Å². The van der Waals surface area contributed by atoms with E-state index in [-0.39, 0.29) is 12.5 Å². The Hall–Kier alpha value is -4.85. The van der Waals surface area contributed by atoms with Gasteiger partial charge in [-0.3, -0.25) is 4.79 Å². The van der Waals surface area contributed by atoms with Gasteiger partial charge in [0, 0.05) is 11.5 Å². The number of carbonyl (C=O) groups excluding carboxylic acids is 2. The number of carbonyl (C=O) groups is 2. The zero-order valence-corrected chi connectivity index (χ0v) is 21.8. The molecule has 2 unspecified atom stereocenters. The fourth-order valence-corrected chi connectivity index (χ4v) is 5.33. The van der Waals surface area contributed by atoms with Crippen molar-refractivity contribution in [3.63, 3.8) is 0 Å². The molecule has 202 valence electrons. The molecule has 2 aromatic carbocycles. The van der Waals surface area contributed by atoms with Crippen molar-refractivity contribution in [2.24, 2.45) is 11.0 Å². The molecule has 2 atom stereocenters. The highest BCUT2D eigenvalue weighted by molar-refractivity contribution is 6.08. The smallest absolute Gasteiger partial charge is 0.344 e. The molecular formula is C32H28N2O6. The zero-order chi connectivity index (χ0) is 27.3. The number of furan rings is 2. The Balaban J connectivity index is 1.14. The van der Waals surface area contributed by atoms with Crippen LogP contribution in [0.2, 0.25) is 0 Å². The van der Waals surface area contributed by atoms with Crippen LogP contribution < -0.4 is 4.74 Å². The molecule has 3 heterocycles. The van der Waals surface area contributed by atoms with Gasteiger partial charge in [0.2, 0.25) is 0 Å². The van der Waals surface area contributed by atoms with Crippen molar-refractivity contribution in [1.82, 2.24) is 5.01 Å². The van der Waals surface area contributed by atoms with Crippen molar-refractivity contribution in [2.45, 2.75) is 25.3 Å². The van der Waals surface area contributed by atoms with E-state index in [2.05, 4.69) is 0 Å². The predicted molar refractivity (Wildman–Crippen MR) is 148 cm³/mol. The van der Waals surface area contributed by atoms with E-state index >= 15 is 0 Å². The zero-order valence-electron chi connectivity index (χ0n) is 21.8. The Morgan fingerprint density at radius 2 is 1.73 bits per heavy atom. The molecule has 1 saturated carbocycles. The lowest BCUT2D eigenvalue weighted by Crippen LogP contribution is -2.34. The molecule has 1 aliphatic carbocycles. The Kier molecular flexibility index (Phi) is 7.30. The van der Waals surface area contributed by atoms with E-state index in [4.69, 9.17) is 23.4 Å². The number of amides is 1. The van der Waals surface area contributed by atoms with Gasteiger partial charge in [-0.05, 0) is 66.8 Å². The molecule has 6 rings (SSSR count). The van der Waals surface area contributed by atoms with Crippen molar-refractivity contribution < 1.29 is 27.9 Å². The lowest BCUT2D eigenvalue weighted by Gasteiger charge is -2.27. The van der Waals surface area contributed by atoms with E-state index in [0.29, 0.717) is 11.5 Å². The van der Waals surface area contributed by atoms with Crippen LogP contribution >= 0.6 is 0 Å². The Bertz CT molecular complexity index is 1520. The maximum absolute atomic E-state index is 13.4. The average molecular weight is 537 g/mol. The summed E-state index contributed by atoms with van der Waals surface area (Å²) in [5.41, 5.74) is 3.70. The number of rotatable bonds is 8. The molecule has 0 spiro atoms. The summed E-state index contributed by atoms with van der Waals surface area (Å²) in [4.78, 5) is 25.9. The maximum atomic E-state index is 13.4. The first-order valence-corrected chi connectivity index (χ1v) is 13.3. The molecule has 1 aliphatic heterocycles. The lowest BCUT2D eigenvalue weighted by molar-refractivity contribution is -0.154. The molecule has 8 heteroatoms. The van der Waals surface area contributed by atoms with Gasteiger partial charge in [-0.1, -0.05) is 48.5 Å². The molecule has 40 heavy (non-hydrogen) atoms. The van der Waals surface area contributed by atoms with Crippen molar-refractivity contribution in [3.8, 4) is 16.9 Å². The molecule has 0 bridgehead atoms. The number of esters is 1. The normalized spacial score (nSPS) is 19.2. The lowest BCUT2D eigenvalue weighted by atomic mass is 9.79. The standard InChI is InChI=1S/C32H28N2O6/c35-29(20-40-30(36)21-39-27-15-5-4-13-25(27)22-9-2-1-3-10-22)34-32(28-16-8-18-38-28)26-14-6-11-23(31(26)33-34)19-24-12-7-17-37-24/h1-5,7-10,12-13,15-19,26,32H,6,11,14,20-21H2. The van der Waals surface area contributed by atoms with E-state index in [1.54, 1.807) is 24.7 Å². The molecule has 1 fully saturated rings. The van der Waals surface area contributed by atoms with Crippen LogP contribution in [-0.4, -0.2) is 35.8 Å². The number of para-hydroxylation sites is 1. The van der Waals surface area contributed by atoms with Gasteiger partial charge >= 0.3 is 5.97 Å². The molecule has 0 N–H and O–H groups in total. The second-order valence-electron chi connectivity index (χ2n) is 9.68. The summed E-state index contributed by atoms with van der Waals surface area (Å²) in [6.45, 7) is -0.785.